The van der Waals surface area contributed by atoms with E-state index >= 15 is 0 Å². The quantitative estimate of drug-likeness (QED) is 0.742. The molecule has 0 saturated carbocycles. The van der Waals surface area contributed by atoms with E-state index < -0.39 is 11.8 Å². The van der Waals surface area contributed by atoms with Crippen molar-refractivity contribution in [3.8, 4) is 0 Å². The number of carbonyl (C=O) groups excluding carboxylic acids is 1. The Kier molecular flexibility index (Phi) is 3.83. The summed E-state index contributed by atoms with van der Waals surface area (Å²) in [5, 5.41) is 3.20. The summed E-state index contributed by atoms with van der Waals surface area (Å²) in [7, 11) is 0. The van der Waals surface area contributed by atoms with E-state index in [0.717, 1.165) is 12.0 Å². The van der Waals surface area contributed by atoms with Crippen molar-refractivity contribution in [2.45, 2.75) is 30.6 Å². The summed E-state index contributed by atoms with van der Waals surface area (Å²) < 4.78 is 6.44. The van der Waals surface area contributed by atoms with Crippen LogP contribution in [0.25, 0.3) is 0 Å². The van der Waals surface area contributed by atoms with Gasteiger partial charge < -0.3 is 10.1 Å². The fraction of sp³-hybridized carbons (Fsp3) is 0.208. The molecule has 1 aliphatic carbocycles. The van der Waals surface area contributed by atoms with Crippen molar-refractivity contribution in [2.24, 2.45) is 0 Å². The van der Waals surface area contributed by atoms with Crippen molar-refractivity contribution >= 4 is 5.91 Å². The Morgan fingerprint density at radius 3 is 2.19 bits per heavy atom. The molecule has 27 heavy (non-hydrogen) atoms. The number of hydrogen-bond donors (Lipinski definition) is 1. The van der Waals surface area contributed by atoms with Gasteiger partial charge in [-0.05, 0) is 22.3 Å². The zero-order valence-electron chi connectivity index (χ0n) is 15.0. The molecule has 0 unspecified atom stereocenters. The third-order valence-corrected chi connectivity index (χ3v) is 5.68. The van der Waals surface area contributed by atoms with Crippen molar-refractivity contribution in [3.05, 3.63) is 107 Å². The molecule has 0 radical (unpaired) electrons. The smallest absolute Gasteiger partial charge is 0.256 e. The fourth-order valence-corrected chi connectivity index (χ4v) is 4.47. The molecule has 1 amide bonds. The van der Waals surface area contributed by atoms with Crippen LogP contribution >= 0.6 is 0 Å². The summed E-state index contributed by atoms with van der Waals surface area (Å²) in [5.74, 6) is 0.151. The maximum atomic E-state index is 12.8. The second kappa shape index (κ2) is 6.36. The molecular weight excluding hydrogens is 334 g/mol. The maximum Gasteiger partial charge on any atom is 0.256 e. The predicted molar refractivity (Wildman–Crippen MR) is 104 cm³/mol. The SMILES string of the molecule is O=C1N[C@@]2(Cc3ccccc3[C@@H](c3ccccc3)C2)O[C@H]1c1ccccc1. The van der Waals surface area contributed by atoms with Gasteiger partial charge in [0.2, 0.25) is 0 Å². The van der Waals surface area contributed by atoms with Gasteiger partial charge in [0.05, 0.1) is 0 Å². The van der Waals surface area contributed by atoms with Crippen molar-refractivity contribution in [3.63, 3.8) is 0 Å². The predicted octanol–water partition coefficient (Wildman–Crippen LogP) is 4.35. The summed E-state index contributed by atoms with van der Waals surface area (Å²) in [6, 6.07) is 28.7. The van der Waals surface area contributed by atoms with Crippen molar-refractivity contribution < 1.29 is 9.53 Å². The summed E-state index contributed by atoms with van der Waals surface area (Å²) in [4.78, 5) is 12.8. The molecule has 2 aliphatic rings. The Morgan fingerprint density at radius 1 is 0.815 bits per heavy atom. The van der Waals surface area contributed by atoms with Crippen LogP contribution in [0.5, 0.6) is 0 Å². The molecule has 3 aromatic rings. The number of fused-ring (bicyclic) bond motifs is 1. The van der Waals surface area contributed by atoms with Crippen molar-refractivity contribution in [1.82, 2.24) is 5.32 Å². The van der Waals surface area contributed by atoms with Gasteiger partial charge in [0.1, 0.15) is 5.72 Å². The maximum absolute atomic E-state index is 12.8. The third-order valence-electron chi connectivity index (χ3n) is 5.68. The molecule has 1 N–H and O–H groups in total. The highest BCUT2D eigenvalue weighted by Gasteiger charge is 2.49. The minimum Gasteiger partial charge on any atom is -0.338 e. The van der Waals surface area contributed by atoms with Crippen LogP contribution in [-0.2, 0) is 16.0 Å². The van der Waals surface area contributed by atoms with E-state index in [9.17, 15) is 4.79 Å². The molecule has 5 rings (SSSR count). The summed E-state index contributed by atoms with van der Waals surface area (Å²) in [5.41, 5.74) is 4.07. The Morgan fingerprint density at radius 2 is 1.44 bits per heavy atom. The molecule has 134 valence electrons. The molecule has 1 saturated heterocycles. The minimum atomic E-state index is -0.660. The number of hydrogen-bond acceptors (Lipinski definition) is 2. The van der Waals surface area contributed by atoms with Gasteiger partial charge in [0.15, 0.2) is 6.10 Å². The Labute approximate surface area is 159 Å². The molecule has 0 bridgehead atoms. The first-order valence-corrected chi connectivity index (χ1v) is 9.42. The van der Waals surface area contributed by atoms with Gasteiger partial charge in [-0.3, -0.25) is 4.79 Å². The summed E-state index contributed by atoms with van der Waals surface area (Å²) in [6.45, 7) is 0. The topological polar surface area (TPSA) is 38.3 Å². The highest BCUT2D eigenvalue weighted by Crippen LogP contribution is 2.45. The van der Waals surface area contributed by atoms with Crippen LogP contribution in [-0.4, -0.2) is 11.6 Å². The highest BCUT2D eigenvalue weighted by atomic mass is 16.5. The average molecular weight is 355 g/mol. The number of rotatable bonds is 2. The van der Waals surface area contributed by atoms with Crippen molar-refractivity contribution in [1.29, 1.82) is 0 Å². The van der Waals surface area contributed by atoms with Gasteiger partial charge in [0, 0.05) is 18.8 Å². The molecular formula is C24H21NO2. The number of carbonyl (C=O) groups is 1. The molecule has 3 aromatic carbocycles. The largest absolute Gasteiger partial charge is 0.338 e. The van der Waals surface area contributed by atoms with Crippen LogP contribution < -0.4 is 5.32 Å². The first kappa shape index (κ1) is 16.3. The number of ether oxygens (including phenoxy) is 1. The van der Waals surface area contributed by atoms with E-state index in [1.807, 2.05) is 36.4 Å². The van der Waals surface area contributed by atoms with E-state index in [-0.39, 0.29) is 11.8 Å². The molecule has 3 atom stereocenters. The van der Waals surface area contributed by atoms with E-state index in [1.54, 1.807) is 0 Å². The monoisotopic (exact) mass is 355 g/mol. The molecule has 1 fully saturated rings. The van der Waals surface area contributed by atoms with Gasteiger partial charge in [0.25, 0.3) is 5.91 Å². The van der Waals surface area contributed by atoms with Gasteiger partial charge >= 0.3 is 0 Å². The lowest BCUT2D eigenvalue weighted by Gasteiger charge is -2.39. The normalized spacial score (nSPS) is 26.6. The van der Waals surface area contributed by atoms with E-state index in [0.29, 0.717) is 6.42 Å². The second-order valence-electron chi connectivity index (χ2n) is 7.44. The zero-order chi connectivity index (χ0) is 18.3. The molecule has 0 aromatic heterocycles. The number of nitrogens with one attached hydrogen (secondary N) is 1. The summed E-state index contributed by atoms with van der Waals surface area (Å²) in [6.07, 6.45) is 0.887. The minimum absolute atomic E-state index is 0.0487. The fourth-order valence-electron chi connectivity index (χ4n) is 4.47. The van der Waals surface area contributed by atoms with Crippen LogP contribution in [0.2, 0.25) is 0 Å². The first-order chi connectivity index (χ1) is 13.2. The molecule has 1 aliphatic heterocycles. The number of amides is 1. The molecule has 3 nitrogen and oxygen atoms in total. The Bertz CT molecular complexity index is 970. The van der Waals surface area contributed by atoms with Gasteiger partial charge in [-0.15, -0.1) is 0 Å². The lowest BCUT2D eigenvalue weighted by molar-refractivity contribution is -0.124. The highest BCUT2D eigenvalue weighted by molar-refractivity contribution is 5.84. The van der Waals surface area contributed by atoms with E-state index in [2.05, 4.69) is 53.8 Å². The van der Waals surface area contributed by atoms with Crippen LogP contribution in [0.15, 0.2) is 84.9 Å². The Hall–Kier alpha value is -2.91. The average Bonchev–Trinajstić information content (AvgIpc) is 3.04. The van der Waals surface area contributed by atoms with E-state index in [4.69, 9.17) is 4.74 Å². The first-order valence-electron chi connectivity index (χ1n) is 9.42. The summed E-state index contributed by atoms with van der Waals surface area (Å²) >= 11 is 0. The lowest BCUT2D eigenvalue weighted by atomic mass is 9.75. The third kappa shape index (κ3) is 2.84. The Balaban J connectivity index is 1.54. The number of benzene rings is 3. The van der Waals surface area contributed by atoms with Crippen LogP contribution in [0, 0.1) is 0 Å². The van der Waals surface area contributed by atoms with E-state index in [1.165, 1.54) is 16.7 Å². The van der Waals surface area contributed by atoms with Gasteiger partial charge in [-0.2, -0.15) is 0 Å². The molecule has 3 heteroatoms. The zero-order valence-corrected chi connectivity index (χ0v) is 15.0. The molecule has 1 heterocycles. The van der Waals surface area contributed by atoms with Gasteiger partial charge in [-0.1, -0.05) is 84.9 Å². The van der Waals surface area contributed by atoms with Crippen LogP contribution in [0.1, 0.15) is 40.7 Å². The van der Waals surface area contributed by atoms with Crippen LogP contribution in [0.4, 0.5) is 0 Å². The molecule has 1 spiro atoms. The van der Waals surface area contributed by atoms with Crippen molar-refractivity contribution in [2.75, 3.05) is 0 Å². The second-order valence-corrected chi connectivity index (χ2v) is 7.44. The lowest BCUT2D eigenvalue weighted by Crippen LogP contribution is -2.48. The van der Waals surface area contributed by atoms with Crippen LogP contribution in [0.3, 0.4) is 0 Å². The standard InChI is InChI=1S/C24H21NO2/c26-23-22(18-11-5-2-6-12-18)27-24(25-23)15-19-13-7-8-14-20(19)21(16-24)17-9-3-1-4-10-17/h1-14,21-22H,15-16H2,(H,25,26)/t21-,22+,24+/m1/s1. The van der Waals surface area contributed by atoms with Gasteiger partial charge in [-0.25, -0.2) is 0 Å².